The highest BCUT2D eigenvalue weighted by atomic mass is 79.9. The fraction of sp³-hybridized carbons (Fsp3) is 1.00. The Labute approximate surface area is 96.7 Å². The first kappa shape index (κ1) is 12.5. The molecule has 0 aromatic carbocycles. The van der Waals surface area contributed by atoms with Gasteiger partial charge in [-0.05, 0) is 25.7 Å². The van der Waals surface area contributed by atoms with E-state index in [2.05, 4.69) is 36.7 Å². The molecule has 1 rings (SSSR count). The summed E-state index contributed by atoms with van der Waals surface area (Å²) < 4.78 is 6.24. The van der Waals surface area contributed by atoms with Crippen molar-refractivity contribution in [3.63, 3.8) is 0 Å². The second-order valence-electron chi connectivity index (χ2n) is 4.94. The lowest BCUT2D eigenvalue weighted by Gasteiger charge is -2.39. The molecule has 0 amide bonds. The van der Waals surface area contributed by atoms with Crippen molar-refractivity contribution < 1.29 is 4.74 Å². The van der Waals surface area contributed by atoms with E-state index in [9.17, 15) is 0 Å². The molecule has 1 aliphatic carbocycles. The molecular weight excluding hydrogens is 240 g/mol. The van der Waals surface area contributed by atoms with Crippen molar-refractivity contribution >= 4 is 15.9 Å². The minimum atomic E-state index is 0.141. The molecule has 0 saturated heterocycles. The van der Waals surface area contributed by atoms with E-state index in [1.807, 2.05) is 0 Å². The summed E-state index contributed by atoms with van der Waals surface area (Å²) in [5.74, 6) is 0.618. The Morgan fingerprint density at radius 2 is 1.71 bits per heavy atom. The molecular formula is C12H23BrO. The summed E-state index contributed by atoms with van der Waals surface area (Å²) in [6.45, 7) is 6.66. The lowest BCUT2D eigenvalue weighted by atomic mass is 9.86. The fourth-order valence-electron chi connectivity index (χ4n) is 2.01. The van der Waals surface area contributed by atoms with Crippen LogP contribution < -0.4 is 0 Å². The average molecular weight is 263 g/mol. The molecule has 1 aliphatic rings. The summed E-state index contributed by atoms with van der Waals surface area (Å²) in [6, 6.07) is 0. The zero-order valence-electron chi connectivity index (χ0n) is 9.68. The lowest BCUT2D eigenvalue weighted by molar-refractivity contribution is -0.106. The predicted octanol–water partition coefficient (Wildman–Crippen LogP) is 4.15. The van der Waals surface area contributed by atoms with Crippen molar-refractivity contribution in [1.29, 1.82) is 0 Å². The molecule has 0 heterocycles. The Bertz CT molecular complexity index is 162. The maximum atomic E-state index is 6.24. The molecule has 14 heavy (non-hydrogen) atoms. The Morgan fingerprint density at radius 3 is 2.14 bits per heavy atom. The van der Waals surface area contributed by atoms with E-state index in [4.69, 9.17) is 4.74 Å². The van der Waals surface area contributed by atoms with E-state index in [0.717, 1.165) is 5.33 Å². The number of hydrogen-bond acceptors (Lipinski definition) is 1. The van der Waals surface area contributed by atoms with Crippen molar-refractivity contribution in [2.24, 2.45) is 5.92 Å². The Hall–Kier alpha value is 0.440. The van der Waals surface area contributed by atoms with E-state index in [1.165, 1.54) is 32.1 Å². The maximum Gasteiger partial charge on any atom is 0.0782 e. The molecule has 0 N–H and O–H groups in total. The van der Waals surface area contributed by atoms with Crippen LogP contribution in [-0.4, -0.2) is 17.0 Å². The third-order valence-electron chi connectivity index (χ3n) is 3.38. The minimum absolute atomic E-state index is 0.141. The van der Waals surface area contributed by atoms with Crippen molar-refractivity contribution in [3.8, 4) is 0 Å². The highest BCUT2D eigenvalue weighted by Gasteiger charge is 2.33. The molecule has 0 radical (unpaired) electrons. The summed E-state index contributed by atoms with van der Waals surface area (Å²) in [4.78, 5) is 0. The molecule has 2 heteroatoms. The van der Waals surface area contributed by atoms with Gasteiger partial charge in [-0.3, -0.25) is 0 Å². The second kappa shape index (κ2) is 5.50. The second-order valence-corrected chi connectivity index (χ2v) is 5.51. The highest BCUT2D eigenvalue weighted by Crippen LogP contribution is 2.35. The number of alkyl halides is 1. The van der Waals surface area contributed by atoms with Crippen LogP contribution in [0.2, 0.25) is 0 Å². The third-order valence-corrected chi connectivity index (χ3v) is 4.40. The van der Waals surface area contributed by atoms with Gasteiger partial charge in [-0.15, -0.1) is 0 Å². The normalized spacial score (nSPS) is 23.8. The Balaban J connectivity index is 2.51. The van der Waals surface area contributed by atoms with Crippen LogP contribution in [0.25, 0.3) is 0 Å². The molecule has 1 atom stereocenters. The molecule has 84 valence electrons. The minimum Gasteiger partial charge on any atom is -0.371 e. The van der Waals surface area contributed by atoms with Crippen LogP contribution >= 0.6 is 15.9 Å². The van der Waals surface area contributed by atoms with Gasteiger partial charge in [0.05, 0.1) is 11.7 Å². The van der Waals surface area contributed by atoms with Crippen LogP contribution in [0.3, 0.4) is 0 Å². The topological polar surface area (TPSA) is 9.23 Å². The first-order chi connectivity index (χ1) is 6.59. The lowest BCUT2D eigenvalue weighted by Crippen LogP contribution is -2.41. The number of ether oxygens (including phenoxy) is 1. The number of halogens is 1. The van der Waals surface area contributed by atoms with Gasteiger partial charge in [-0.1, -0.05) is 49.0 Å². The smallest absolute Gasteiger partial charge is 0.0782 e. The van der Waals surface area contributed by atoms with E-state index in [-0.39, 0.29) is 5.60 Å². The quantitative estimate of drug-likeness (QED) is 0.692. The predicted molar refractivity (Wildman–Crippen MR) is 65.0 cm³/mol. The molecule has 0 spiro atoms. The average Bonchev–Trinajstić information content (AvgIpc) is 2.19. The first-order valence-corrected chi connectivity index (χ1v) is 6.95. The summed E-state index contributed by atoms with van der Waals surface area (Å²) in [5, 5.41) is 0.997. The highest BCUT2D eigenvalue weighted by molar-refractivity contribution is 9.09. The monoisotopic (exact) mass is 262 g/mol. The van der Waals surface area contributed by atoms with Gasteiger partial charge in [0.2, 0.25) is 0 Å². The summed E-state index contributed by atoms with van der Waals surface area (Å²) >= 11 is 3.62. The van der Waals surface area contributed by atoms with Gasteiger partial charge in [-0.2, -0.15) is 0 Å². The van der Waals surface area contributed by atoms with E-state index >= 15 is 0 Å². The van der Waals surface area contributed by atoms with Crippen molar-refractivity contribution in [1.82, 2.24) is 0 Å². The van der Waals surface area contributed by atoms with Gasteiger partial charge in [0.1, 0.15) is 0 Å². The van der Waals surface area contributed by atoms with Gasteiger partial charge in [0, 0.05) is 5.33 Å². The van der Waals surface area contributed by atoms with E-state index in [1.54, 1.807) is 0 Å². The maximum absolute atomic E-state index is 6.24. The molecule has 0 bridgehead atoms. The van der Waals surface area contributed by atoms with Crippen LogP contribution in [0.15, 0.2) is 0 Å². The summed E-state index contributed by atoms with van der Waals surface area (Å²) in [5.41, 5.74) is 0.141. The zero-order chi connectivity index (χ0) is 10.6. The first-order valence-electron chi connectivity index (χ1n) is 5.83. The zero-order valence-corrected chi connectivity index (χ0v) is 11.3. The standard InChI is InChI=1S/C12H23BrO/c1-10(2)11(3)14-12(9-13)7-5-4-6-8-12/h10-11H,4-9H2,1-3H3. The van der Waals surface area contributed by atoms with Crippen LogP contribution in [0.5, 0.6) is 0 Å². The van der Waals surface area contributed by atoms with Crippen LogP contribution in [0, 0.1) is 5.92 Å². The van der Waals surface area contributed by atoms with Crippen molar-refractivity contribution in [2.45, 2.75) is 64.6 Å². The molecule has 1 saturated carbocycles. The van der Waals surface area contributed by atoms with Crippen LogP contribution in [0.4, 0.5) is 0 Å². The molecule has 0 aromatic rings. The largest absolute Gasteiger partial charge is 0.371 e. The van der Waals surface area contributed by atoms with Crippen molar-refractivity contribution in [3.05, 3.63) is 0 Å². The number of hydrogen-bond donors (Lipinski definition) is 0. The summed E-state index contributed by atoms with van der Waals surface area (Å²) in [7, 11) is 0. The van der Waals surface area contributed by atoms with Gasteiger partial charge in [-0.25, -0.2) is 0 Å². The van der Waals surface area contributed by atoms with E-state index in [0.29, 0.717) is 12.0 Å². The van der Waals surface area contributed by atoms with Gasteiger partial charge in [0.25, 0.3) is 0 Å². The Kier molecular flexibility index (Phi) is 4.92. The molecule has 1 fully saturated rings. The van der Waals surface area contributed by atoms with Gasteiger partial charge in [0.15, 0.2) is 0 Å². The van der Waals surface area contributed by atoms with Crippen molar-refractivity contribution in [2.75, 3.05) is 5.33 Å². The van der Waals surface area contributed by atoms with Crippen LogP contribution in [0.1, 0.15) is 52.9 Å². The van der Waals surface area contributed by atoms with Gasteiger partial charge < -0.3 is 4.74 Å². The Morgan fingerprint density at radius 1 is 1.14 bits per heavy atom. The van der Waals surface area contributed by atoms with Gasteiger partial charge >= 0.3 is 0 Å². The molecule has 1 nitrogen and oxygen atoms in total. The van der Waals surface area contributed by atoms with E-state index < -0.39 is 0 Å². The molecule has 0 aliphatic heterocycles. The fourth-order valence-corrected chi connectivity index (χ4v) is 2.70. The SMILES string of the molecule is CC(C)C(C)OC1(CBr)CCCCC1. The molecule has 0 aromatic heterocycles. The number of rotatable bonds is 4. The third kappa shape index (κ3) is 3.23. The molecule has 1 unspecified atom stereocenters. The van der Waals surface area contributed by atoms with Crippen LogP contribution in [-0.2, 0) is 4.74 Å². The summed E-state index contributed by atoms with van der Waals surface area (Å²) in [6.07, 6.45) is 6.89.